The van der Waals surface area contributed by atoms with Crippen LogP contribution in [0.1, 0.15) is 32.3 Å². The summed E-state index contributed by atoms with van der Waals surface area (Å²) in [6, 6.07) is 7.90. The molecular weight excluding hydrogens is 477 g/mol. The zero-order chi connectivity index (χ0) is 25.4. The number of esters is 1. The van der Waals surface area contributed by atoms with Crippen LogP contribution in [0.5, 0.6) is 0 Å². The highest BCUT2D eigenvalue weighted by Gasteiger charge is 2.58. The maximum atomic E-state index is 13.0. The number of hydrogen-bond acceptors (Lipinski definition) is 9. The summed E-state index contributed by atoms with van der Waals surface area (Å²) in [4.78, 5) is 39.7. The van der Waals surface area contributed by atoms with E-state index in [2.05, 4.69) is 0 Å². The summed E-state index contributed by atoms with van der Waals surface area (Å²) in [5.41, 5.74) is 0.917. The van der Waals surface area contributed by atoms with Gasteiger partial charge in [-0.2, -0.15) is 0 Å². The Kier molecular flexibility index (Phi) is 9.77. The standard InChI is InChI=1S/C24H32NO9P/c1-3-32-35(30,33-4-2)34-15-9-8-14-31-24(29)21-20(23(27)28)18-12-13-19(26)22(21)25(18)16-17-10-6-5-7-11-17/h5-7,10-13,18,20-22H,3-4,8-9,14-16H2,1-2H3,(H,27,28)/t18-,20?,21?,22+/m1/s1. The van der Waals surface area contributed by atoms with Crippen LogP contribution in [0.25, 0.3) is 0 Å². The topological polar surface area (TPSA) is 129 Å². The number of aliphatic carboxylic acids is 1. The van der Waals surface area contributed by atoms with Gasteiger partial charge in [-0.25, -0.2) is 4.57 Å². The normalized spacial score (nSPS) is 24.0. The van der Waals surface area contributed by atoms with Gasteiger partial charge in [-0.1, -0.05) is 36.4 Å². The molecule has 4 atom stereocenters. The highest BCUT2D eigenvalue weighted by molar-refractivity contribution is 7.48. The van der Waals surface area contributed by atoms with E-state index in [0.717, 1.165) is 5.56 Å². The van der Waals surface area contributed by atoms with Crippen molar-refractivity contribution in [3.63, 3.8) is 0 Å². The fourth-order valence-electron chi connectivity index (χ4n) is 4.52. The first-order valence-electron chi connectivity index (χ1n) is 11.8. The number of unbranched alkanes of at least 4 members (excludes halogenated alkanes) is 1. The summed E-state index contributed by atoms with van der Waals surface area (Å²) in [7, 11) is -3.60. The van der Waals surface area contributed by atoms with Crippen LogP contribution in [-0.2, 0) is 43.8 Å². The van der Waals surface area contributed by atoms with Crippen LogP contribution >= 0.6 is 7.82 Å². The summed E-state index contributed by atoms with van der Waals surface area (Å²) in [5.74, 6) is -4.37. The predicted octanol–water partition coefficient (Wildman–Crippen LogP) is 3.22. The van der Waals surface area contributed by atoms with Crippen molar-refractivity contribution in [3.8, 4) is 0 Å². The number of ether oxygens (including phenoxy) is 1. The average Bonchev–Trinajstić information content (AvgIpc) is 3.05. The Morgan fingerprint density at radius 2 is 1.66 bits per heavy atom. The van der Waals surface area contributed by atoms with Crippen LogP contribution in [0.4, 0.5) is 0 Å². The van der Waals surface area contributed by atoms with Crippen LogP contribution < -0.4 is 0 Å². The number of nitrogens with zero attached hydrogens (tertiary/aromatic N) is 1. The quantitative estimate of drug-likeness (QED) is 0.227. The van der Waals surface area contributed by atoms with Crippen molar-refractivity contribution in [2.45, 2.75) is 45.3 Å². The molecule has 10 nitrogen and oxygen atoms in total. The maximum absolute atomic E-state index is 13.0. The number of hydrogen-bond donors (Lipinski definition) is 1. The second-order valence-electron chi connectivity index (χ2n) is 8.24. The molecule has 1 fully saturated rings. The van der Waals surface area contributed by atoms with Gasteiger partial charge in [0.05, 0.1) is 44.3 Å². The number of carbonyl (C=O) groups excluding carboxylic acids is 2. The SMILES string of the molecule is CCOP(=O)(OCC)OCCCCOC(=O)C1C(C(=O)O)[C@H]2C=CC(=O)[C@@H]1N2Cc1ccccc1. The van der Waals surface area contributed by atoms with E-state index < -0.39 is 43.7 Å². The molecule has 0 radical (unpaired) electrons. The van der Waals surface area contributed by atoms with Gasteiger partial charge in [0.1, 0.15) is 0 Å². The molecule has 1 saturated heterocycles. The van der Waals surface area contributed by atoms with Crippen LogP contribution in [0.2, 0.25) is 0 Å². The van der Waals surface area contributed by atoms with Crippen molar-refractivity contribution in [3.05, 3.63) is 48.0 Å². The molecule has 2 aliphatic heterocycles. The molecule has 2 heterocycles. The Labute approximate surface area is 204 Å². The summed E-state index contributed by atoms with van der Waals surface area (Å²) < 4.78 is 33.0. The molecule has 2 unspecified atom stereocenters. The van der Waals surface area contributed by atoms with E-state index in [1.807, 2.05) is 30.3 Å². The van der Waals surface area contributed by atoms with Crippen molar-refractivity contribution < 1.29 is 42.4 Å². The van der Waals surface area contributed by atoms with E-state index in [4.69, 9.17) is 18.3 Å². The summed E-state index contributed by atoms with van der Waals surface area (Å²) in [6.07, 6.45) is 3.74. The minimum Gasteiger partial charge on any atom is -0.481 e. The lowest BCUT2D eigenvalue weighted by molar-refractivity contribution is -0.157. The fraction of sp³-hybridized carbons (Fsp3) is 0.542. The molecule has 0 aromatic heterocycles. The first kappa shape index (κ1) is 27.2. The monoisotopic (exact) mass is 509 g/mol. The molecule has 1 aromatic rings. The van der Waals surface area contributed by atoms with Gasteiger partial charge in [0.15, 0.2) is 5.78 Å². The van der Waals surface area contributed by atoms with E-state index in [1.54, 1.807) is 24.8 Å². The number of benzene rings is 1. The summed E-state index contributed by atoms with van der Waals surface area (Å²) in [6.45, 7) is 4.15. The first-order chi connectivity index (χ1) is 16.8. The van der Waals surface area contributed by atoms with Gasteiger partial charge in [0.25, 0.3) is 0 Å². The number of carbonyl (C=O) groups is 3. The van der Waals surface area contributed by atoms with Gasteiger partial charge in [0, 0.05) is 12.6 Å². The summed E-state index contributed by atoms with van der Waals surface area (Å²) >= 11 is 0. The Balaban J connectivity index is 1.59. The third-order valence-corrected chi connectivity index (χ3v) is 7.60. The van der Waals surface area contributed by atoms with Crippen LogP contribution in [0, 0.1) is 11.8 Å². The molecule has 2 bridgehead atoms. The Morgan fingerprint density at radius 1 is 1.00 bits per heavy atom. The Hall–Kier alpha value is -2.36. The highest BCUT2D eigenvalue weighted by atomic mass is 31.2. The minimum absolute atomic E-state index is 0.0102. The molecule has 0 saturated carbocycles. The largest absolute Gasteiger partial charge is 0.481 e. The molecule has 192 valence electrons. The molecule has 1 N–H and O–H groups in total. The van der Waals surface area contributed by atoms with Crippen LogP contribution in [0.15, 0.2) is 42.5 Å². The smallest absolute Gasteiger partial charge is 0.474 e. The fourth-order valence-corrected chi connectivity index (χ4v) is 5.73. The lowest BCUT2D eigenvalue weighted by Gasteiger charge is -2.31. The maximum Gasteiger partial charge on any atom is 0.474 e. The molecule has 2 aliphatic rings. The second-order valence-corrected chi connectivity index (χ2v) is 9.90. The first-order valence-corrected chi connectivity index (χ1v) is 13.2. The van der Waals surface area contributed by atoms with Gasteiger partial charge < -0.3 is 9.84 Å². The van der Waals surface area contributed by atoms with Crippen molar-refractivity contribution in [2.75, 3.05) is 26.4 Å². The van der Waals surface area contributed by atoms with E-state index in [1.165, 1.54) is 6.08 Å². The Morgan fingerprint density at radius 3 is 2.29 bits per heavy atom. The lowest BCUT2D eigenvalue weighted by Crippen LogP contribution is -2.45. The van der Waals surface area contributed by atoms with Crippen LogP contribution in [-0.4, -0.2) is 66.2 Å². The number of phosphoric ester groups is 1. The van der Waals surface area contributed by atoms with Gasteiger partial charge in [-0.15, -0.1) is 0 Å². The van der Waals surface area contributed by atoms with Crippen molar-refractivity contribution in [2.24, 2.45) is 11.8 Å². The number of rotatable bonds is 14. The van der Waals surface area contributed by atoms with E-state index in [9.17, 15) is 24.1 Å². The van der Waals surface area contributed by atoms with Gasteiger partial charge >= 0.3 is 19.8 Å². The molecule has 11 heteroatoms. The van der Waals surface area contributed by atoms with E-state index in [-0.39, 0.29) is 32.2 Å². The van der Waals surface area contributed by atoms with Crippen LogP contribution in [0.3, 0.4) is 0 Å². The Bertz CT molecular complexity index is 957. The molecule has 1 aromatic carbocycles. The van der Waals surface area contributed by atoms with Gasteiger partial charge in [-0.05, 0) is 38.3 Å². The predicted molar refractivity (Wildman–Crippen MR) is 125 cm³/mol. The molecule has 0 spiro atoms. The molecular formula is C24H32NO9P. The number of carboxylic acid groups (broad SMARTS) is 1. The zero-order valence-corrected chi connectivity index (χ0v) is 20.8. The highest BCUT2D eigenvalue weighted by Crippen LogP contribution is 2.49. The van der Waals surface area contributed by atoms with Gasteiger partial charge in [0.2, 0.25) is 0 Å². The van der Waals surface area contributed by atoms with Gasteiger partial charge in [-0.3, -0.25) is 32.9 Å². The summed E-state index contributed by atoms with van der Waals surface area (Å²) in [5, 5.41) is 9.91. The minimum atomic E-state index is -3.60. The number of carboxylic acids is 1. The zero-order valence-electron chi connectivity index (χ0n) is 19.9. The number of fused-ring (bicyclic) bond motifs is 2. The molecule has 0 amide bonds. The third-order valence-electron chi connectivity index (χ3n) is 5.96. The second kappa shape index (κ2) is 12.6. The van der Waals surface area contributed by atoms with Crippen molar-refractivity contribution >= 4 is 25.5 Å². The number of phosphoric acid groups is 1. The van der Waals surface area contributed by atoms with E-state index >= 15 is 0 Å². The molecule has 35 heavy (non-hydrogen) atoms. The van der Waals surface area contributed by atoms with Crippen molar-refractivity contribution in [1.82, 2.24) is 4.90 Å². The average molecular weight is 509 g/mol. The third kappa shape index (κ3) is 6.65. The lowest BCUT2D eigenvalue weighted by atomic mass is 9.87. The van der Waals surface area contributed by atoms with E-state index in [0.29, 0.717) is 19.4 Å². The molecule has 0 aliphatic carbocycles. The van der Waals surface area contributed by atoms with Crippen molar-refractivity contribution in [1.29, 1.82) is 0 Å². The molecule has 3 rings (SSSR count). The number of ketones is 1.